The van der Waals surface area contributed by atoms with E-state index in [4.69, 9.17) is 5.73 Å². The summed E-state index contributed by atoms with van der Waals surface area (Å²) < 4.78 is 0. The first-order chi connectivity index (χ1) is 8.97. The van der Waals surface area contributed by atoms with Crippen molar-refractivity contribution in [1.29, 1.82) is 0 Å². The Morgan fingerprint density at radius 3 is 2.30 bits per heavy atom. The Balaban J connectivity index is 0.00000361. The van der Waals surface area contributed by atoms with Crippen molar-refractivity contribution in [3.8, 4) is 0 Å². The molecule has 2 amide bonds. The van der Waals surface area contributed by atoms with Crippen molar-refractivity contribution >= 4 is 24.2 Å². The maximum Gasteiger partial charge on any atom is 0.242 e. The average Bonchev–Trinajstić information content (AvgIpc) is 2.89. The van der Waals surface area contributed by atoms with E-state index in [0.29, 0.717) is 12.6 Å². The van der Waals surface area contributed by atoms with Gasteiger partial charge in [-0.2, -0.15) is 0 Å². The van der Waals surface area contributed by atoms with Crippen molar-refractivity contribution in [2.45, 2.75) is 58.5 Å². The average molecular weight is 306 g/mol. The molecule has 118 valence electrons. The summed E-state index contributed by atoms with van der Waals surface area (Å²) in [5.74, 6) is -0.170. The number of nitrogens with two attached hydrogens (primary N) is 1. The summed E-state index contributed by atoms with van der Waals surface area (Å²) in [7, 11) is 0. The first-order valence-corrected chi connectivity index (χ1v) is 7.30. The minimum Gasteiger partial charge on any atom is -0.346 e. The van der Waals surface area contributed by atoms with Crippen molar-refractivity contribution in [1.82, 2.24) is 10.2 Å². The molecule has 1 aliphatic carbocycles. The molecule has 0 radical (unpaired) electrons. The molecule has 3 N–H and O–H groups in total. The van der Waals surface area contributed by atoms with E-state index in [-0.39, 0.29) is 36.7 Å². The first-order valence-electron chi connectivity index (χ1n) is 7.30. The third kappa shape index (κ3) is 5.29. The fraction of sp³-hybridized carbons (Fsp3) is 0.857. The Kier molecular flexibility index (Phi) is 8.81. The summed E-state index contributed by atoms with van der Waals surface area (Å²) >= 11 is 0. The number of hydrogen-bond acceptors (Lipinski definition) is 3. The van der Waals surface area contributed by atoms with Crippen molar-refractivity contribution < 1.29 is 9.59 Å². The van der Waals surface area contributed by atoms with Crippen LogP contribution in [-0.4, -0.2) is 41.9 Å². The van der Waals surface area contributed by atoms with Crippen molar-refractivity contribution in [2.24, 2.45) is 11.7 Å². The zero-order valence-electron chi connectivity index (χ0n) is 12.7. The number of nitrogens with one attached hydrogen (secondary N) is 1. The number of likely N-dealkylation sites (N-methyl/N-ethyl adjacent to an activating group) is 1. The molecule has 6 heteroatoms. The molecule has 0 aromatic rings. The highest BCUT2D eigenvalue weighted by Crippen LogP contribution is 2.23. The fourth-order valence-electron chi connectivity index (χ4n) is 2.54. The van der Waals surface area contributed by atoms with E-state index < -0.39 is 6.04 Å². The van der Waals surface area contributed by atoms with Gasteiger partial charge in [0.2, 0.25) is 11.8 Å². The van der Waals surface area contributed by atoms with Crippen molar-refractivity contribution in [3.05, 3.63) is 0 Å². The number of carbonyl (C=O) groups excluding carboxylic acids is 2. The molecule has 1 fully saturated rings. The van der Waals surface area contributed by atoms with Crippen LogP contribution in [0, 0.1) is 5.92 Å². The normalized spacial score (nSPS) is 16.6. The second-order valence-corrected chi connectivity index (χ2v) is 5.61. The topological polar surface area (TPSA) is 75.4 Å². The van der Waals surface area contributed by atoms with Gasteiger partial charge in [-0.1, -0.05) is 26.7 Å². The van der Waals surface area contributed by atoms with Crippen LogP contribution in [0.1, 0.15) is 46.5 Å². The number of rotatable bonds is 6. The van der Waals surface area contributed by atoms with Crippen LogP contribution < -0.4 is 11.1 Å². The minimum atomic E-state index is -0.547. The van der Waals surface area contributed by atoms with E-state index in [1.54, 1.807) is 0 Å². The Labute approximate surface area is 128 Å². The Hall–Kier alpha value is -0.810. The lowest BCUT2D eigenvalue weighted by Gasteiger charge is -2.28. The molecule has 0 unspecified atom stereocenters. The maximum atomic E-state index is 12.1. The van der Waals surface area contributed by atoms with E-state index in [9.17, 15) is 9.59 Å². The predicted molar refractivity (Wildman–Crippen MR) is 82.7 cm³/mol. The van der Waals surface area contributed by atoms with E-state index in [1.165, 1.54) is 12.8 Å². The van der Waals surface area contributed by atoms with Gasteiger partial charge in [0.15, 0.2) is 0 Å². The van der Waals surface area contributed by atoms with E-state index in [0.717, 1.165) is 12.8 Å². The molecule has 0 aromatic heterocycles. The van der Waals surface area contributed by atoms with Gasteiger partial charge in [-0.15, -0.1) is 12.4 Å². The van der Waals surface area contributed by atoms with Gasteiger partial charge in [0.1, 0.15) is 0 Å². The van der Waals surface area contributed by atoms with Crippen molar-refractivity contribution in [3.63, 3.8) is 0 Å². The highest BCUT2D eigenvalue weighted by atomic mass is 35.5. The first kappa shape index (κ1) is 19.2. The highest BCUT2D eigenvalue weighted by molar-refractivity contribution is 5.87. The smallest absolute Gasteiger partial charge is 0.242 e. The van der Waals surface area contributed by atoms with Gasteiger partial charge in [0, 0.05) is 12.6 Å². The maximum absolute atomic E-state index is 12.1. The van der Waals surface area contributed by atoms with E-state index >= 15 is 0 Å². The summed E-state index contributed by atoms with van der Waals surface area (Å²) in [5.41, 5.74) is 5.74. The molecule has 0 bridgehead atoms. The van der Waals surface area contributed by atoms with E-state index in [1.807, 2.05) is 25.7 Å². The number of amides is 2. The van der Waals surface area contributed by atoms with Crippen LogP contribution in [0.2, 0.25) is 0 Å². The fourth-order valence-corrected chi connectivity index (χ4v) is 2.54. The van der Waals surface area contributed by atoms with E-state index in [2.05, 4.69) is 5.32 Å². The lowest BCUT2D eigenvalue weighted by Crippen LogP contribution is -2.49. The number of halogens is 1. The SMILES string of the molecule is CCN(C(=O)CNC(=O)[C@@H](N)C(C)C)C1CCCC1.Cl. The van der Waals surface area contributed by atoms with Crippen LogP contribution in [0.25, 0.3) is 0 Å². The molecular formula is C14H28ClN3O2. The lowest BCUT2D eigenvalue weighted by atomic mass is 10.1. The van der Waals surface area contributed by atoms with Gasteiger partial charge in [0.25, 0.3) is 0 Å². The Morgan fingerprint density at radius 1 is 1.30 bits per heavy atom. The largest absolute Gasteiger partial charge is 0.346 e. The third-order valence-electron chi connectivity index (χ3n) is 3.86. The molecule has 0 saturated heterocycles. The second kappa shape index (κ2) is 9.19. The highest BCUT2D eigenvalue weighted by Gasteiger charge is 2.26. The number of hydrogen-bond donors (Lipinski definition) is 2. The van der Waals surface area contributed by atoms with Crippen molar-refractivity contribution in [2.75, 3.05) is 13.1 Å². The molecule has 0 heterocycles. The number of carbonyl (C=O) groups is 2. The third-order valence-corrected chi connectivity index (χ3v) is 3.86. The molecule has 1 rings (SSSR count). The van der Waals surface area contributed by atoms with Crippen LogP contribution >= 0.6 is 12.4 Å². The number of nitrogens with zero attached hydrogens (tertiary/aromatic N) is 1. The standard InChI is InChI=1S/C14H27N3O2.ClH/c1-4-17(11-7-5-6-8-11)12(18)9-16-14(19)13(15)10(2)3;/h10-11,13H,4-9,15H2,1-3H3,(H,16,19);1H/t13-;/m0./s1. The zero-order valence-corrected chi connectivity index (χ0v) is 13.5. The van der Waals surface area contributed by atoms with Gasteiger partial charge in [-0.3, -0.25) is 9.59 Å². The monoisotopic (exact) mass is 305 g/mol. The van der Waals surface area contributed by atoms with Gasteiger partial charge < -0.3 is 16.0 Å². The molecule has 5 nitrogen and oxygen atoms in total. The summed E-state index contributed by atoms with van der Waals surface area (Å²) in [6, 6.07) is -0.192. The van der Waals surface area contributed by atoms with Gasteiger partial charge in [0.05, 0.1) is 12.6 Å². The predicted octanol–water partition coefficient (Wildman–Crippen LogP) is 1.30. The molecule has 0 aliphatic heterocycles. The Morgan fingerprint density at radius 2 is 1.85 bits per heavy atom. The summed E-state index contributed by atoms with van der Waals surface area (Å²) in [5, 5.41) is 2.65. The summed E-state index contributed by atoms with van der Waals surface area (Å²) in [6.45, 7) is 6.53. The molecule has 1 saturated carbocycles. The summed E-state index contributed by atoms with van der Waals surface area (Å²) in [4.78, 5) is 25.7. The lowest BCUT2D eigenvalue weighted by molar-refractivity contribution is -0.135. The molecule has 1 atom stereocenters. The van der Waals surface area contributed by atoms with Crippen LogP contribution in [0.4, 0.5) is 0 Å². The summed E-state index contributed by atoms with van der Waals surface area (Å²) in [6.07, 6.45) is 4.55. The molecular weight excluding hydrogens is 278 g/mol. The minimum absolute atomic E-state index is 0. The van der Waals surface area contributed by atoms with Crippen LogP contribution in [0.5, 0.6) is 0 Å². The van der Waals surface area contributed by atoms with Crippen LogP contribution in [0.3, 0.4) is 0 Å². The molecule has 1 aliphatic rings. The van der Waals surface area contributed by atoms with Crippen LogP contribution in [-0.2, 0) is 9.59 Å². The zero-order chi connectivity index (χ0) is 14.4. The second-order valence-electron chi connectivity index (χ2n) is 5.61. The molecule has 20 heavy (non-hydrogen) atoms. The quantitative estimate of drug-likeness (QED) is 0.776. The van der Waals surface area contributed by atoms with Gasteiger partial charge in [-0.05, 0) is 25.7 Å². The molecule has 0 aromatic carbocycles. The van der Waals surface area contributed by atoms with Gasteiger partial charge >= 0.3 is 0 Å². The Bertz CT molecular complexity index is 318. The molecule has 0 spiro atoms. The van der Waals surface area contributed by atoms with Gasteiger partial charge in [-0.25, -0.2) is 0 Å². The van der Waals surface area contributed by atoms with Crippen LogP contribution in [0.15, 0.2) is 0 Å².